The van der Waals surface area contributed by atoms with Gasteiger partial charge in [-0.2, -0.15) is 0 Å². The van der Waals surface area contributed by atoms with Crippen LogP contribution in [-0.4, -0.2) is 29.9 Å². The Labute approximate surface area is 120 Å². The molecule has 1 aromatic rings. The Kier molecular flexibility index (Phi) is 5.40. The van der Waals surface area contributed by atoms with Crippen LogP contribution in [0.15, 0.2) is 12.1 Å². The number of nitrogens with zero attached hydrogens (tertiary/aromatic N) is 1. The summed E-state index contributed by atoms with van der Waals surface area (Å²) in [5.74, 6) is 0.283. The van der Waals surface area contributed by atoms with E-state index in [4.69, 9.17) is 0 Å². The van der Waals surface area contributed by atoms with Crippen molar-refractivity contribution in [3.05, 3.63) is 21.9 Å². The van der Waals surface area contributed by atoms with Gasteiger partial charge in [-0.25, -0.2) is 0 Å². The molecule has 0 spiro atoms. The van der Waals surface area contributed by atoms with E-state index in [9.17, 15) is 4.79 Å². The molecule has 0 saturated carbocycles. The first-order valence-electron chi connectivity index (χ1n) is 7.34. The number of nitrogens with one attached hydrogen (secondary N) is 1. The average molecular weight is 280 g/mol. The lowest BCUT2D eigenvalue weighted by Crippen LogP contribution is -2.50. The van der Waals surface area contributed by atoms with Crippen molar-refractivity contribution >= 4 is 17.2 Å². The van der Waals surface area contributed by atoms with Crippen molar-refractivity contribution in [1.29, 1.82) is 0 Å². The van der Waals surface area contributed by atoms with Gasteiger partial charge in [0, 0.05) is 16.3 Å². The van der Waals surface area contributed by atoms with Gasteiger partial charge >= 0.3 is 0 Å². The Morgan fingerprint density at radius 2 is 2.16 bits per heavy atom. The number of aryl methyl sites for hydroxylation is 1. The highest BCUT2D eigenvalue weighted by Gasteiger charge is 2.28. The minimum atomic E-state index is 0.0410. The molecule has 1 fully saturated rings. The molecule has 0 bridgehead atoms. The van der Waals surface area contributed by atoms with Crippen LogP contribution in [0.25, 0.3) is 0 Å². The Bertz CT molecular complexity index is 416. The fourth-order valence-corrected chi connectivity index (χ4v) is 3.46. The van der Waals surface area contributed by atoms with Crippen LogP contribution in [0.5, 0.6) is 0 Å². The Hall–Kier alpha value is -0.870. The van der Waals surface area contributed by atoms with Crippen molar-refractivity contribution in [1.82, 2.24) is 10.2 Å². The summed E-state index contributed by atoms with van der Waals surface area (Å²) in [4.78, 5) is 17.1. The molecular weight excluding hydrogens is 256 g/mol. The Balaban J connectivity index is 1.93. The van der Waals surface area contributed by atoms with Gasteiger partial charge in [0.1, 0.15) is 0 Å². The lowest BCUT2D eigenvalue weighted by molar-refractivity contribution is -0.136. The summed E-state index contributed by atoms with van der Waals surface area (Å²) in [5.41, 5.74) is 0. The molecule has 2 rings (SSSR count). The molecule has 1 atom stereocenters. The zero-order valence-corrected chi connectivity index (χ0v) is 12.8. The number of thiophene rings is 1. The van der Waals surface area contributed by atoms with E-state index in [1.165, 1.54) is 9.75 Å². The van der Waals surface area contributed by atoms with Crippen LogP contribution in [0.1, 0.15) is 42.9 Å². The highest BCUT2D eigenvalue weighted by molar-refractivity contribution is 7.11. The van der Waals surface area contributed by atoms with Gasteiger partial charge in [0.2, 0.25) is 5.91 Å². The van der Waals surface area contributed by atoms with E-state index < -0.39 is 0 Å². The maximum absolute atomic E-state index is 12.4. The summed E-state index contributed by atoms with van der Waals surface area (Å²) in [7, 11) is 0. The van der Waals surface area contributed by atoms with Crippen LogP contribution in [0.2, 0.25) is 0 Å². The fourth-order valence-electron chi connectivity index (χ4n) is 2.49. The molecule has 1 unspecified atom stereocenters. The molecule has 0 aliphatic carbocycles. The molecule has 2 heterocycles. The maximum atomic E-state index is 12.4. The van der Waals surface area contributed by atoms with E-state index in [1.807, 2.05) is 16.2 Å². The lowest BCUT2D eigenvalue weighted by Gasteiger charge is -2.32. The average Bonchev–Trinajstić information content (AvgIpc) is 2.87. The molecule has 4 heteroatoms. The first-order valence-corrected chi connectivity index (χ1v) is 8.16. The fraction of sp³-hybridized carbons (Fsp3) is 0.667. The number of piperidine rings is 1. The molecule has 1 N–H and O–H groups in total. The summed E-state index contributed by atoms with van der Waals surface area (Å²) in [6.07, 6.45) is 4.26. The van der Waals surface area contributed by atoms with Gasteiger partial charge in [0.25, 0.3) is 0 Å². The molecule has 1 amide bonds. The Morgan fingerprint density at radius 3 is 2.84 bits per heavy atom. The van der Waals surface area contributed by atoms with Gasteiger partial charge in [0.15, 0.2) is 0 Å². The summed E-state index contributed by atoms with van der Waals surface area (Å²) >= 11 is 1.83. The van der Waals surface area contributed by atoms with Gasteiger partial charge in [-0.1, -0.05) is 13.8 Å². The van der Waals surface area contributed by atoms with E-state index >= 15 is 0 Å². The van der Waals surface area contributed by atoms with E-state index in [0.717, 1.165) is 45.3 Å². The highest BCUT2D eigenvalue weighted by atomic mass is 32.1. The van der Waals surface area contributed by atoms with Crippen LogP contribution < -0.4 is 5.32 Å². The molecule has 0 aromatic carbocycles. The summed E-state index contributed by atoms with van der Waals surface area (Å²) in [5, 5.41) is 3.37. The topological polar surface area (TPSA) is 32.3 Å². The molecule has 1 aromatic heterocycles. The Morgan fingerprint density at radius 1 is 1.37 bits per heavy atom. The van der Waals surface area contributed by atoms with Crippen LogP contribution >= 0.6 is 11.3 Å². The predicted molar refractivity (Wildman–Crippen MR) is 80.4 cm³/mol. The third-order valence-electron chi connectivity index (χ3n) is 3.58. The molecule has 1 aliphatic heterocycles. The van der Waals surface area contributed by atoms with E-state index in [-0.39, 0.29) is 11.9 Å². The zero-order valence-electron chi connectivity index (χ0n) is 11.9. The SMILES string of the molecule is CCCNC1CCCN(Cc2ccc(CC)s2)C1=O. The van der Waals surface area contributed by atoms with Crippen molar-refractivity contribution in [2.45, 2.75) is 52.1 Å². The zero-order chi connectivity index (χ0) is 13.7. The number of carbonyl (C=O) groups excluding carboxylic acids is 1. The van der Waals surface area contributed by atoms with Crippen LogP contribution in [0, 0.1) is 0 Å². The van der Waals surface area contributed by atoms with Crippen molar-refractivity contribution < 1.29 is 4.79 Å². The number of rotatable bonds is 6. The van der Waals surface area contributed by atoms with E-state index in [0.29, 0.717) is 0 Å². The van der Waals surface area contributed by atoms with Gasteiger partial charge < -0.3 is 10.2 Å². The van der Waals surface area contributed by atoms with Crippen molar-refractivity contribution in [2.75, 3.05) is 13.1 Å². The van der Waals surface area contributed by atoms with Crippen LogP contribution in [-0.2, 0) is 17.8 Å². The second-order valence-corrected chi connectivity index (χ2v) is 6.38. The molecule has 19 heavy (non-hydrogen) atoms. The van der Waals surface area contributed by atoms with Crippen molar-refractivity contribution in [2.24, 2.45) is 0 Å². The van der Waals surface area contributed by atoms with E-state index in [1.54, 1.807) is 0 Å². The lowest BCUT2D eigenvalue weighted by atomic mass is 10.0. The predicted octanol–water partition coefficient (Wildman–Crippen LogP) is 2.80. The normalized spacial score (nSPS) is 20.0. The van der Waals surface area contributed by atoms with Crippen LogP contribution in [0.3, 0.4) is 0 Å². The highest BCUT2D eigenvalue weighted by Crippen LogP contribution is 2.21. The van der Waals surface area contributed by atoms with Crippen LogP contribution in [0.4, 0.5) is 0 Å². The number of carbonyl (C=O) groups is 1. The molecule has 1 saturated heterocycles. The minimum Gasteiger partial charge on any atom is -0.336 e. The largest absolute Gasteiger partial charge is 0.336 e. The minimum absolute atomic E-state index is 0.0410. The quantitative estimate of drug-likeness (QED) is 0.869. The first-order chi connectivity index (χ1) is 9.24. The monoisotopic (exact) mass is 280 g/mol. The van der Waals surface area contributed by atoms with Gasteiger partial charge in [0.05, 0.1) is 12.6 Å². The number of hydrogen-bond acceptors (Lipinski definition) is 3. The second-order valence-electron chi connectivity index (χ2n) is 5.13. The summed E-state index contributed by atoms with van der Waals surface area (Å²) in [6, 6.07) is 4.39. The van der Waals surface area contributed by atoms with Gasteiger partial charge in [-0.15, -0.1) is 11.3 Å². The first kappa shape index (κ1) is 14.5. The third kappa shape index (κ3) is 3.80. The third-order valence-corrected chi connectivity index (χ3v) is 4.80. The molecule has 106 valence electrons. The number of amides is 1. The standard InChI is InChI=1S/C15H24N2OS/c1-3-9-16-14-6-5-10-17(15(14)18)11-13-8-7-12(4-2)19-13/h7-8,14,16H,3-6,9-11H2,1-2H3. The summed E-state index contributed by atoms with van der Waals surface area (Å²) < 4.78 is 0. The van der Waals surface area contributed by atoms with Gasteiger partial charge in [-0.05, 0) is 44.4 Å². The molecule has 3 nitrogen and oxygen atoms in total. The second kappa shape index (κ2) is 7.06. The summed E-state index contributed by atoms with van der Waals surface area (Å²) in [6.45, 7) is 6.93. The molecular formula is C15H24N2OS. The molecule has 1 aliphatic rings. The number of likely N-dealkylation sites (tertiary alicyclic amines) is 1. The smallest absolute Gasteiger partial charge is 0.240 e. The number of hydrogen-bond donors (Lipinski definition) is 1. The van der Waals surface area contributed by atoms with E-state index in [2.05, 4.69) is 31.3 Å². The van der Waals surface area contributed by atoms with Crippen molar-refractivity contribution in [3.8, 4) is 0 Å². The molecule has 0 radical (unpaired) electrons. The van der Waals surface area contributed by atoms with Gasteiger partial charge in [-0.3, -0.25) is 4.79 Å². The van der Waals surface area contributed by atoms with Crippen molar-refractivity contribution in [3.63, 3.8) is 0 Å². The maximum Gasteiger partial charge on any atom is 0.240 e.